The zero-order chi connectivity index (χ0) is 27.2. The van der Waals surface area contributed by atoms with Crippen molar-refractivity contribution in [1.29, 1.82) is 0 Å². The maximum absolute atomic E-state index is 13.7. The van der Waals surface area contributed by atoms with Gasteiger partial charge in [0.1, 0.15) is 25.0 Å². The number of halogens is 2. The number of hydrogen-bond donors (Lipinski definition) is 1. The SMILES string of the molecule is C#CCO[C@H](C)[C@H](N)C(=O)N1CC[C@@H]2[C@H]1[C@@H](COc1ccc(F)c(F)c1)CN2C(=O)OCc1ccccc1. The summed E-state index contributed by atoms with van der Waals surface area (Å²) in [7, 11) is 0. The van der Waals surface area contributed by atoms with E-state index >= 15 is 0 Å². The summed E-state index contributed by atoms with van der Waals surface area (Å²) in [5.74, 6) is -0.137. The third-order valence-electron chi connectivity index (χ3n) is 7.03. The van der Waals surface area contributed by atoms with E-state index in [1.807, 2.05) is 30.3 Å². The minimum Gasteiger partial charge on any atom is -0.493 e. The number of fused-ring (bicyclic) bond motifs is 1. The molecule has 2 heterocycles. The lowest BCUT2D eigenvalue weighted by Gasteiger charge is -2.32. The highest BCUT2D eigenvalue weighted by atomic mass is 19.2. The van der Waals surface area contributed by atoms with Crippen LogP contribution in [0.3, 0.4) is 0 Å². The Bertz CT molecular complexity index is 1170. The molecule has 2 aliphatic rings. The number of likely N-dealkylation sites (tertiary alicyclic amines) is 2. The van der Waals surface area contributed by atoms with Crippen LogP contribution in [0.1, 0.15) is 18.9 Å². The molecule has 5 atom stereocenters. The first-order valence-corrected chi connectivity index (χ1v) is 12.5. The van der Waals surface area contributed by atoms with Crippen molar-refractivity contribution >= 4 is 12.0 Å². The molecule has 0 saturated carbocycles. The molecule has 38 heavy (non-hydrogen) atoms. The molecule has 8 nitrogen and oxygen atoms in total. The van der Waals surface area contributed by atoms with E-state index in [1.54, 1.807) is 16.7 Å². The van der Waals surface area contributed by atoms with Crippen LogP contribution in [0.15, 0.2) is 48.5 Å². The highest BCUT2D eigenvalue weighted by Gasteiger charge is 2.53. The van der Waals surface area contributed by atoms with Gasteiger partial charge in [0.25, 0.3) is 0 Å². The summed E-state index contributed by atoms with van der Waals surface area (Å²) in [6, 6.07) is 10.9. The molecule has 10 heteroatoms. The quantitative estimate of drug-likeness (QED) is 0.504. The Hall–Kier alpha value is -3.68. The Morgan fingerprint density at radius 2 is 1.92 bits per heavy atom. The molecule has 202 valence electrons. The van der Waals surface area contributed by atoms with Gasteiger partial charge in [0.05, 0.1) is 24.8 Å². The zero-order valence-electron chi connectivity index (χ0n) is 21.1. The summed E-state index contributed by atoms with van der Waals surface area (Å²) >= 11 is 0. The van der Waals surface area contributed by atoms with Gasteiger partial charge < -0.3 is 29.7 Å². The third kappa shape index (κ3) is 6.06. The molecule has 0 bridgehead atoms. The first kappa shape index (κ1) is 27.4. The third-order valence-corrected chi connectivity index (χ3v) is 7.03. The van der Waals surface area contributed by atoms with Crippen LogP contribution in [0.5, 0.6) is 5.75 Å². The van der Waals surface area contributed by atoms with E-state index in [-0.39, 0.29) is 50.0 Å². The van der Waals surface area contributed by atoms with E-state index in [0.717, 1.165) is 17.7 Å². The lowest BCUT2D eigenvalue weighted by Crippen LogP contribution is -2.54. The Labute approximate surface area is 220 Å². The first-order chi connectivity index (χ1) is 18.3. The number of nitrogens with zero attached hydrogens (tertiary/aromatic N) is 2. The van der Waals surface area contributed by atoms with Gasteiger partial charge in [0.15, 0.2) is 11.6 Å². The van der Waals surface area contributed by atoms with Gasteiger partial charge in [-0.05, 0) is 31.0 Å². The van der Waals surface area contributed by atoms with E-state index < -0.39 is 35.9 Å². The Morgan fingerprint density at radius 3 is 2.63 bits per heavy atom. The van der Waals surface area contributed by atoms with Gasteiger partial charge in [0.2, 0.25) is 5.91 Å². The summed E-state index contributed by atoms with van der Waals surface area (Å²) in [6.07, 6.45) is 4.68. The highest BCUT2D eigenvalue weighted by Crippen LogP contribution is 2.37. The maximum Gasteiger partial charge on any atom is 0.410 e. The number of benzene rings is 2. The van der Waals surface area contributed by atoms with Crippen molar-refractivity contribution in [2.24, 2.45) is 11.7 Å². The van der Waals surface area contributed by atoms with Crippen molar-refractivity contribution in [3.8, 4) is 18.1 Å². The lowest BCUT2D eigenvalue weighted by molar-refractivity contribution is -0.137. The van der Waals surface area contributed by atoms with Gasteiger partial charge in [-0.25, -0.2) is 13.6 Å². The van der Waals surface area contributed by atoms with Gasteiger partial charge >= 0.3 is 6.09 Å². The van der Waals surface area contributed by atoms with Crippen LogP contribution < -0.4 is 10.5 Å². The molecule has 2 saturated heterocycles. The standard InChI is InChI=1S/C28H31F2N3O5/c1-3-13-36-18(2)25(31)27(34)32-12-11-24-26(32)20(17-37-21-9-10-22(29)23(30)14-21)15-33(24)28(35)38-16-19-7-5-4-6-8-19/h1,4-10,14,18,20,24-26H,11-13,15-17,31H2,2H3/t18-,20-,24-,25+,26-/m1/s1. The first-order valence-electron chi connectivity index (χ1n) is 12.5. The molecule has 2 fully saturated rings. The molecule has 0 aromatic heterocycles. The molecule has 2 aromatic carbocycles. The van der Waals surface area contributed by atoms with Crippen LogP contribution in [0, 0.1) is 29.9 Å². The second-order valence-electron chi connectivity index (χ2n) is 9.46. The van der Waals surface area contributed by atoms with Gasteiger partial charge in [-0.2, -0.15) is 0 Å². The number of carbonyl (C=O) groups is 2. The van der Waals surface area contributed by atoms with Crippen LogP contribution >= 0.6 is 0 Å². The molecule has 2 amide bonds. The predicted octanol–water partition coefficient (Wildman–Crippen LogP) is 2.95. The molecule has 4 rings (SSSR count). The highest BCUT2D eigenvalue weighted by molar-refractivity contribution is 5.83. The molecule has 2 aromatic rings. The molecule has 0 radical (unpaired) electrons. The van der Waals surface area contributed by atoms with E-state index in [2.05, 4.69) is 5.92 Å². The second kappa shape index (κ2) is 12.2. The topological polar surface area (TPSA) is 94.3 Å². The fourth-order valence-corrected chi connectivity index (χ4v) is 5.07. The summed E-state index contributed by atoms with van der Waals surface area (Å²) < 4.78 is 43.8. The van der Waals surface area contributed by atoms with Crippen molar-refractivity contribution in [3.05, 3.63) is 65.7 Å². The number of nitrogens with two attached hydrogens (primary N) is 1. The number of terminal acetylenes is 1. The molecule has 0 unspecified atom stereocenters. The average molecular weight is 528 g/mol. The Morgan fingerprint density at radius 1 is 1.16 bits per heavy atom. The average Bonchev–Trinajstić information content (AvgIpc) is 3.52. The van der Waals surface area contributed by atoms with E-state index in [9.17, 15) is 18.4 Å². The number of carbonyl (C=O) groups excluding carboxylic acids is 2. The number of rotatable bonds is 9. The predicted molar refractivity (Wildman–Crippen MR) is 135 cm³/mol. The number of amides is 2. The Balaban J connectivity index is 1.49. The van der Waals surface area contributed by atoms with Crippen LogP contribution in [0.2, 0.25) is 0 Å². The largest absolute Gasteiger partial charge is 0.493 e. The minimum absolute atomic E-state index is 0.0277. The summed E-state index contributed by atoms with van der Waals surface area (Å²) in [5.41, 5.74) is 7.07. The van der Waals surface area contributed by atoms with E-state index in [4.69, 9.17) is 26.4 Å². The molecule has 2 aliphatic heterocycles. The monoisotopic (exact) mass is 527 g/mol. The van der Waals surface area contributed by atoms with Crippen molar-refractivity contribution in [2.75, 3.05) is 26.3 Å². The van der Waals surface area contributed by atoms with Crippen LogP contribution in [0.25, 0.3) is 0 Å². The smallest absolute Gasteiger partial charge is 0.410 e. The van der Waals surface area contributed by atoms with Gasteiger partial charge in [-0.1, -0.05) is 36.3 Å². The van der Waals surface area contributed by atoms with Gasteiger partial charge in [-0.15, -0.1) is 6.42 Å². The fraction of sp³-hybridized carbons (Fsp3) is 0.429. The van der Waals surface area contributed by atoms with Gasteiger partial charge in [-0.3, -0.25) is 4.79 Å². The zero-order valence-corrected chi connectivity index (χ0v) is 21.1. The summed E-state index contributed by atoms with van der Waals surface area (Å²) in [5, 5.41) is 0. The molecular formula is C28H31F2N3O5. The fourth-order valence-electron chi connectivity index (χ4n) is 5.07. The van der Waals surface area contributed by atoms with Crippen molar-refractivity contribution in [2.45, 2.75) is 44.2 Å². The molecule has 0 aliphatic carbocycles. The van der Waals surface area contributed by atoms with Crippen molar-refractivity contribution < 1.29 is 32.6 Å². The summed E-state index contributed by atoms with van der Waals surface area (Å²) in [6.45, 7) is 2.53. The van der Waals surface area contributed by atoms with Crippen LogP contribution in [-0.2, 0) is 20.9 Å². The van der Waals surface area contributed by atoms with Crippen LogP contribution in [0.4, 0.5) is 13.6 Å². The number of hydrogen-bond acceptors (Lipinski definition) is 6. The van der Waals surface area contributed by atoms with Crippen molar-refractivity contribution in [1.82, 2.24) is 9.80 Å². The molecule has 0 spiro atoms. The van der Waals surface area contributed by atoms with Gasteiger partial charge in [0, 0.05) is 25.1 Å². The van der Waals surface area contributed by atoms with E-state index in [0.29, 0.717) is 13.0 Å². The van der Waals surface area contributed by atoms with Crippen LogP contribution in [-0.4, -0.2) is 72.3 Å². The maximum atomic E-state index is 13.7. The number of ether oxygens (including phenoxy) is 3. The summed E-state index contributed by atoms with van der Waals surface area (Å²) in [4.78, 5) is 29.8. The Kier molecular flexibility index (Phi) is 8.81. The normalized spacial score (nSPS) is 21.9. The minimum atomic E-state index is -1.03. The van der Waals surface area contributed by atoms with E-state index in [1.165, 1.54) is 6.07 Å². The second-order valence-corrected chi connectivity index (χ2v) is 9.46. The molecular weight excluding hydrogens is 496 g/mol. The van der Waals surface area contributed by atoms with Crippen molar-refractivity contribution in [3.63, 3.8) is 0 Å². The molecule has 2 N–H and O–H groups in total. The lowest BCUT2D eigenvalue weighted by atomic mass is 9.99.